The average Bonchev–Trinajstić information content (AvgIpc) is 2.36. The largest absolute Gasteiger partial charge is 0.481 e. The van der Waals surface area contributed by atoms with Gasteiger partial charge in [0.1, 0.15) is 6.10 Å². The van der Waals surface area contributed by atoms with E-state index in [9.17, 15) is 14.7 Å². The summed E-state index contributed by atoms with van der Waals surface area (Å²) in [5, 5.41) is 9.31. The fourth-order valence-corrected chi connectivity index (χ4v) is 2.29. The molecule has 98 valence electrons. The minimum Gasteiger partial charge on any atom is -0.481 e. The number of rotatable bonds is 4. The van der Waals surface area contributed by atoms with Crippen molar-refractivity contribution in [2.75, 3.05) is 20.2 Å². The smallest absolute Gasteiger partial charge is 0.311 e. The van der Waals surface area contributed by atoms with E-state index in [1.165, 1.54) is 7.11 Å². The molecule has 1 saturated heterocycles. The van der Waals surface area contributed by atoms with Crippen LogP contribution in [0, 0.1) is 5.41 Å². The number of carboxylic acid groups (broad SMARTS) is 1. The number of carboxylic acids is 1. The van der Waals surface area contributed by atoms with Gasteiger partial charge in [0.05, 0.1) is 5.41 Å². The Labute approximate surface area is 102 Å². The minimum absolute atomic E-state index is 0.119. The van der Waals surface area contributed by atoms with Gasteiger partial charge in [0.25, 0.3) is 5.91 Å². The highest BCUT2D eigenvalue weighted by atomic mass is 16.5. The van der Waals surface area contributed by atoms with Crippen molar-refractivity contribution in [1.82, 2.24) is 4.90 Å². The minimum atomic E-state index is -0.803. The van der Waals surface area contributed by atoms with Crippen LogP contribution in [0.5, 0.6) is 0 Å². The van der Waals surface area contributed by atoms with Gasteiger partial charge < -0.3 is 14.7 Å². The molecule has 5 heteroatoms. The van der Waals surface area contributed by atoms with Crippen molar-refractivity contribution in [3.05, 3.63) is 0 Å². The molecule has 0 bridgehead atoms. The van der Waals surface area contributed by atoms with Gasteiger partial charge in [-0.2, -0.15) is 0 Å². The lowest BCUT2D eigenvalue weighted by Crippen LogP contribution is -2.52. The van der Waals surface area contributed by atoms with Crippen LogP contribution in [0.25, 0.3) is 0 Å². The molecule has 0 aliphatic carbocycles. The molecule has 0 aromatic carbocycles. The fraction of sp³-hybridized carbons (Fsp3) is 0.833. The Morgan fingerprint density at radius 1 is 1.53 bits per heavy atom. The van der Waals surface area contributed by atoms with Crippen LogP contribution in [0.4, 0.5) is 0 Å². The van der Waals surface area contributed by atoms with Crippen molar-refractivity contribution in [2.45, 2.75) is 39.2 Å². The number of hydrogen-bond donors (Lipinski definition) is 1. The SMILES string of the molecule is CCC1(C(=O)O)CCCN(C(=O)C(C)OC)C1. The molecule has 1 amide bonds. The van der Waals surface area contributed by atoms with Gasteiger partial charge in [-0.1, -0.05) is 6.92 Å². The maximum atomic E-state index is 12.0. The Balaban J connectivity index is 2.78. The molecule has 1 N–H and O–H groups in total. The Hall–Kier alpha value is -1.10. The van der Waals surface area contributed by atoms with Crippen molar-refractivity contribution in [1.29, 1.82) is 0 Å². The molecule has 1 heterocycles. The lowest BCUT2D eigenvalue weighted by atomic mass is 9.77. The third-order valence-corrected chi connectivity index (χ3v) is 3.72. The highest BCUT2D eigenvalue weighted by molar-refractivity contribution is 5.82. The zero-order valence-electron chi connectivity index (χ0n) is 10.7. The number of carbonyl (C=O) groups excluding carboxylic acids is 1. The molecule has 2 unspecified atom stereocenters. The third-order valence-electron chi connectivity index (χ3n) is 3.72. The van der Waals surface area contributed by atoms with Crippen LogP contribution in [-0.2, 0) is 14.3 Å². The van der Waals surface area contributed by atoms with Crippen LogP contribution >= 0.6 is 0 Å². The van der Waals surface area contributed by atoms with Gasteiger partial charge in [0.15, 0.2) is 0 Å². The van der Waals surface area contributed by atoms with Gasteiger partial charge in [0.2, 0.25) is 0 Å². The number of nitrogens with zero attached hydrogens (tertiary/aromatic N) is 1. The van der Waals surface area contributed by atoms with Crippen molar-refractivity contribution >= 4 is 11.9 Å². The van der Waals surface area contributed by atoms with Gasteiger partial charge in [-0.15, -0.1) is 0 Å². The maximum absolute atomic E-state index is 12.0. The second-order valence-electron chi connectivity index (χ2n) is 4.68. The number of ether oxygens (including phenoxy) is 1. The van der Waals surface area contributed by atoms with E-state index in [1.807, 2.05) is 6.92 Å². The first kappa shape index (κ1) is 14.0. The predicted octanol–water partition coefficient (Wildman–Crippen LogP) is 1.12. The van der Waals surface area contributed by atoms with E-state index in [4.69, 9.17) is 4.74 Å². The molecule has 0 radical (unpaired) electrons. The summed E-state index contributed by atoms with van der Waals surface area (Å²) in [5.41, 5.74) is -0.776. The molecule has 1 fully saturated rings. The Morgan fingerprint density at radius 2 is 2.18 bits per heavy atom. The first-order chi connectivity index (χ1) is 7.96. The van der Waals surface area contributed by atoms with Crippen LogP contribution in [0.3, 0.4) is 0 Å². The summed E-state index contributed by atoms with van der Waals surface area (Å²) in [6.45, 7) is 4.47. The molecular formula is C12H21NO4. The van der Waals surface area contributed by atoms with Crippen LogP contribution in [0.15, 0.2) is 0 Å². The summed E-state index contributed by atoms with van der Waals surface area (Å²) in [6.07, 6.45) is 1.43. The van der Waals surface area contributed by atoms with E-state index in [0.717, 1.165) is 6.42 Å². The Bertz CT molecular complexity index is 305. The van der Waals surface area contributed by atoms with Crippen molar-refractivity contribution in [2.24, 2.45) is 5.41 Å². The van der Waals surface area contributed by atoms with E-state index in [0.29, 0.717) is 25.9 Å². The fourth-order valence-electron chi connectivity index (χ4n) is 2.29. The molecule has 5 nitrogen and oxygen atoms in total. The van der Waals surface area contributed by atoms with Crippen molar-refractivity contribution < 1.29 is 19.4 Å². The number of hydrogen-bond acceptors (Lipinski definition) is 3. The Morgan fingerprint density at radius 3 is 2.65 bits per heavy atom. The first-order valence-corrected chi connectivity index (χ1v) is 6.02. The quantitative estimate of drug-likeness (QED) is 0.803. The normalized spacial score (nSPS) is 26.6. The standard InChI is InChI=1S/C12H21NO4/c1-4-12(11(15)16)6-5-7-13(8-12)10(14)9(2)17-3/h9H,4-8H2,1-3H3,(H,15,16). The van der Waals surface area contributed by atoms with E-state index in [-0.39, 0.29) is 5.91 Å². The maximum Gasteiger partial charge on any atom is 0.311 e. The molecule has 1 aliphatic heterocycles. The summed E-state index contributed by atoms with van der Waals surface area (Å²) in [6, 6.07) is 0. The van der Waals surface area contributed by atoms with Crippen LogP contribution in [0.2, 0.25) is 0 Å². The highest BCUT2D eigenvalue weighted by Gasteiger charge is 2.42. The third kappa shape index (κ3) is 2.77. The van der Waals surface area contributed by atoms with Gasteiger partial charge in [0, 0.05) is 20.2 Å². The van der Waals surface area contributed by atoms with E-state index < -0.39 is 17.5 Å². The lowest BCUT2D eigenvalue weighted by molar-refractivity contribution is -0.157. The summed E-state index contributed by atoms with van der Waals surface area (Å²) in [7, 11) is 1.48. The second-order valence-corrected chi connectivity index (χ2v) is 4.68. The van der Waals surface area contributed by atoms with Crippen molar-refractivity contribution in [3.63, 3.8) is 0 Å². The summed E-state index contributed by atoms with van der Waals surface area (Å²) >= 11 is 0. The summed E-state index contributed by atoms with van der Waals surface area (Å²) in [5.74, 6) is -0.922. The number of aliphatic carboxylic acids is 1. The zero-order chi connectivity index (χ0) is 13.1. The second kappa shape index (κ2) is 5.49. The predicted molar refractivity (Wildman–Crippen MR) is 62.6 cm³/mol. The molecule has 0 spiro atoms. The van der Waals surface area contributed by atoms with E-state index in [1.54, 1.807) is 11.8 Å². The Kier molecular flexibility index (Phi) is 4.51. The van der Waals surface area contributed by atoms with Crippen molar-refractivity contribution in [3.8, 4) is 0 Å². The molecule has 1 aliphatic rings. The van der Waals surface area contributed by atoms with E-state index in [2.05, 4.69) is 0 Å². The van der Waals surface area contributed by atoms with Crippen LogP contribution < -0.4 is 0 Å². The molecule has 2 atom stereocenters. The lowest BCUT2D eigenvalue weighted by Gasteiger charge is -2.40. The number of amides is 1. The highest BCUT2D eigenvalue weighted by Crippen LogP contribution is 2.33. The van der Waals surface area contributed by atoms with Gasteiger partial charge in [-0.05, 0) is 26.2 Å². The van der Waals surface area contributed by atoms with Crippen LogP contribution in [0.1, 0.15) is 33.1 Å². The molecule has 17 heavy (non-hydrogen) atoms. The van der Waals surface area contributed by atoms with E-state index >= 15 is 0 Å². The summed E-state index contributed by atoms with van der Waals surface area (Å²) < 4.78 is 4.99. The van der Waals surface area contributed by atoms with Gasteiger partial charge in [-0.3, -0.25) is 9.59 Å². The number of likely N-dealkylation sites (tertiary alicyclic amines) is 1. The van der Waals surface area contributed by atoms with Gasteiger partial charge >= 0.3 is 5.97 Å². The number of carbonyl (C=O) groups is 2. The molecule has 0 aromatic rings. The van der Waals surface area contributed by atoms with Crippen LogP contribution in [-0.4, -0.2) is 48.2 Å². The topological polar surface area (TPSA) is 66.8 Å². The summed E-state index contributed by atoms with van der Waals surface area (Å²) in [4.78, 5) is 24.9. The molecule has 1 rings (SSSR count). The molecule has 0 saturated carbocycles. The molecular weight excluding hydrogens is 222 g/mol. The number of methoxy groups -OCH3 is 1. The zero-order valence-corrected chi connectivity index (χ0v) is 10.7. The molecule has 0 aromatic heterocycles. The monoisotopic (exact) mass is 243 g/mol. The first-order valence-electron chi connectivity index (χ1n) is 6.02. The number of piperidine rings is 1. The average molecular weight is 243 g/mol. The van der Waals surface area contributed by atoms with Gasteiger partial charge in [-0.25, -0.2) is 0 Å².